The van der Waals surface area contributed by atoms with E-state index in [1.807, 2.05) is 6.07 Å². The molecule has 2 heterocycles. The summed E-state index contributed by atoms with van der Waals surface area (Å²) in [6.45, 7) is 4.51. The van der Waals surface area contributed by atoms with Gasteiger partial charge in [0.1, 0.15) is 5.82 Å². The second-order valence-corrected chi connectivity index (χ2v) is 3.71. The van der Waals surface area contributed by atoms with Crippen molar-refractivity contribution in [1.82, 2.24) is 9.97 Å². The summed E-state index contributed by atoms with van der Waals surface area (Å²) in [6.07, 6.45) is 2.75. The largest absolute Gasteiger partial charge is 0.377 e. The molecule has 88 valence electrons. The Labute approximate surface area is 94.8 Å². The van der Waals surface area contributed by atoms with E-state index in [0.29, 0.717) is 12.0 Å². The molecule has 1 aromatic heterocycles. The number of morpholine rings is 1. The van der Waals surface area contributed by atoms with Crippen LogP contribution in [-0.4, -0.2) is 35.8 Å². The fourth-order valence-corrected chi connectivity index (χ4v) is 1.87. The van der Waals surface area contributed by atoms with Crippen LogP contribution in [0.5, 0.6) is 0 Å². The molecule has 3 N–H and O–H groups in total. The molecule has 0 radical (unpaired) electrons. The summed E-state index contributed by atoms with van der Waals surface area (Å²) < 4.78 is 5.46. The van der Waals surface area contributed by atoms with Crippen LogP contribution in [0.25, 0.3) is 0 Å². The van der Waals surface area contributed by atoms with Crippen molar-refractivity contribution in [1.29, 1.82) is 0 Å². The topological polar surface area (TPSA) is 76.3 Å². The van der Waals surface area contributed by atoms with Gasteiger partial charge in [0, 0.05) is 12.7 Å². The normalized spacial score (nSPS) is 20.9. The maximum Gasteiger partial charge on any atom is 0.239 e. The van der Waals surface area contributed by atoms with Gasteiger partial charge in [0.25, 0.3) is 0 Å². The van der Waals surface area contributed by atoms with E-state index in [1.54, 1.807) is 6.20 Å². The van der Waals surface area contributed by atoms with Gasteiger partial charge in [0.05, 0.1) is 19.3 Å². The van der Waals surface area contributed by atoms with Gasteiger partial charge in [0.15, 0.2) is 0 Å². The van der Waals surface area contributed by atoms with Gasteiger partial charge < -0.3 is 9.64 Å². The molecule has 2 rings (SSSR count). The first-order valence-electron chi connectivity index (χ1n) is 5.49. The lowest BCUT2D eigenvalue weighted by atomic mass is 10.2. The van der Waals surface area contributed by atoms with E-state index in [4.69, 9.17) is 10.6 Å². The first-order chi connectivity index (χ1) is 7.85. The number of hydrogen-bond acceptors (Lipinski definition) is 6. The van der Waals surface area contributed by atoms with Gasteiger partial charge in [-0.15, -0.1) is 0 Å². The van der Waals surface area contributed by atoms with Crippen LogP contribution in [0.15, 0.2) is 12.3 Å². The number of hydrazine groups is 1. The Morgan fingerprint density at radius 1 is 1.69 bits per heavy atom. The number of ether oxygens (including phenoxy) is 1. The quantitative estimate of drug-likeness (QED) is 0.570. The zero-order chi connectivity index (χ0) is 11.4. The summed E-state index contributed by atoms with van der Waals surface area (Å²) >= 11 is 0. The van der Waals surface area contributed by atoms with Crippen molar-refractivity contribution in [2.75, 3.05) is 30.1 Å². The highest BCUT2D eigenvalue weighted by molar-refractivity contribution is 5.43. The molecule has 0 bridgehead atoms. The Hall–Kier alpha value is -1.40. The number of nitrogens with zero attached hydrogens (tertiary/aromatic N) is 3. The highest BCUT2D eigenvalue weighted by Crippen LogP contribution is 2.19. The third-order valence-corrected chi connectivity index (χ3v) is 2.76. The number of hydrogen-bond donors (Lipinski definition) is 2. The molecule has 1 saturated heterocycles. The van der Waals surface area contributed by atoms with Gasteiger partial charge in [0.2, 0.25) is 5.95 Å². The Kier molecular flexibility index (Phi) is 3.53. The van der Waals surface area contributed by atoms with Crippen LogP contribution in [-0.2, 0) is 4.74 Å². The molecular weight excluding hydrogens is 206 g/mol. The molecule has 0 amide bonds. The first kappa shape index (κ1) is 11.1. The second kappa shape index (κ2) is 5.09. The van der Waals surface area contributed by atoms with E-state index in [2.05, 4.69) is 27.2 Å². The molecule has 0 aliphatic carbocycles. The van der Waals surface area contributed by atoms with Crippen LogP contribution in [0.1, 0.15) is 13.3 Å². The minimum absolute atomic E-state index is 0.384. The predicted octanol–water partition coefficient (Wildman–Crippen LogP) is 0.377. The van der Waals surface area contributed by atoms with Gasteiger partial charge in [-0.2, -0.15) is 4.98 Å². The third-order valence-electron chi connectivity index (χ3n) is 2.76. The monoisotopic (exact) mass is 223 g/mol. The summed E-state index contributed by atoms with van der Waals surface area (Å²) in [6, 6.07) is 2.28. The van der Waals surface area contributed by atoms with Gasteiger partial charge in [-0.3, -0.25) is 5.43 Å². The Bertz CT molecular complexity index is 346. The first-order valence-corrected chi connectivity index (χ1v) is 5.49. The lowest BCUT2D eigenvalue weighted by Crippen LogP contribution is -2.45. The fourth-order valence-electron chi connectivity index (χ4n) is 1.87. The molecule has 16 heavy (non-hydrogen) atoms. The van der Waals surface area contributed by atoms with Gasteiger partial charge in [-0.25, -0.2) is 10.8 Å². The molecule has 0 spiro atoms. The van der Waals surface area contributed by atoms with Crippen LogP contribution in [0.2, 0.25) is 0 Å². The average molecular weight is 223 g/mol. The molecule has 1 aliphatic rings. The molecular formula is C10H17N5O. The maximum absolute atomic E-state index is 5.46. The van der Waals surface area contributed by atoms with Crippen molar-refractivity contribution >= 4 is 11.8 Å². The Balaban J connectivity index is 2.20. The van der Waals surface area contributed by atoms with Crippen molar-refractivity contribution in [2.24, 2.45) is 5.84 Å². The van der Waals surface area contributed by atoms with E-state index >= 15 is 0 Å². The summed E-state index contributed by atoms with van der Waals surface area (Å²) in [5, 5.41) is 0. The molecule has 0 aromatic carbocycles. The van der Waals surface area contributed by atoms with Crippen LogP contribution in [0, 0.1) is 0 Å². The van der Waals surface area contributed by atoms with Gasteiger partial charge in [-0.1, -0.05) is 6.92 Å². The molecule has 1 aliphatic heterocycles. The lowest BCUT2D eigenvalue weighted by Gasteiger charge is -2.35. The van der Waals surface area contributed by atoms with Crippen LogP contribution in [0.3, 0.4) is 0 Å². The smallest absolute Gasteiger partial charge is 0.239 e. The molecule has 1 fully saturated rings. The van der Waals surface area contributed by atoms with Crippen molar-refractivity contribution in [3.05, 3.63) is 12.3 Å². The number of nitrogens with one attached hydrogen (secondary N) is 1. The van der Waals surface area contributed by atoms with E-state index in [1.165, 1.54) is 0 Å². The average Bonchev–Trinajstić information content (AvgIpc) is 2.38. The van der Waals surface area contributed by atoms with Crippen LogP contribution in [0.4, 0.5) is 11.8 Å². The number of nitrogen functional groups attached to an aromatic ring is 1. The van der Waals surface area contributed by atoms with Crippen molar-refractivity contribution < 1.29 is 4.74 Å². The van der Waals surface area contributed by atoms with Crippen molar-refractivity contribution in [3.8, 4) is 0 Å². The summed E-state index contributed by atoms with van der Waals surface area (Å²) in [5.41, 5.74) is 2.46. The van der Waals surface area contributed by atoms with Gasteiger partial charge >= 0.3 is 0 Å². The zero-order valence-electron chi connectivity index (χ0n) is 9.39. The molecule has 1 atom stereocenters. The van der Waals surface area contributed by atoms with E-state index in [-0.39, 0.29) is 0 Å². The van der Waals surface area contributed by atoms with Crippen molar-refractivity contribution in [2.45, 2.75) is 19.4 Å². The van der Waals surface area contributed by atoms with Gasteiger partial charge in [-0.05, 0) is 12.5 Å². The van der Waals surface area contributed by atoms with E-state index in [9.17, 15) is 0 Å². The molecule has 0 saturated carbocycles. The third kappa shape index (κ3) is 2.23. The number of rotatable bonds is 3. The number of nitrogens with two attached hydrogens (primary N) is 1. The fraction of sp³-hybridized carbons (Fsp3) is 0.600. The SMILES string of the molecule is CCC1COCCN1c1ccnc(NN)n1. The zero-order valence-corrected chi connectivity index (χ0v) is 9.39. The molecule has 1 aromatic rings. The molecule has 1 unspecified atom stereocenters. The minimum Gasteiger partial charge on any atom is -0.377 e. The maximum atomic E-state index is 5.46. The number of aromatic nitrogens is 2. The molecule has 6 nitrogen and oxygen atoms in total. The summed E-state index contributed by atoms with van der Waals surface area (Å²) in [4.78, 5) is 10.6. The Morgan fingerprint density at radius 2 is 2.56 bits per heavy atom. The summed E-state index contributed by atoms with van der Waals surface area (Å²) in [7, 11) is 0. The Morgan fingerprint density at radius 3 is 3.31 bits per heavy atom. The highest BCUT2D eigenvalue weighted by atomic mass is 16.5. The van der Waals surface area contributed by atoms with E-state index in [0.717, 1.165) is 32.0 Å². The number of anilines is 2. The lowest BCUT2D eigenvalue weighted by molar-refractivity contribution is 0.0926. The summed E-state index contributed by atoms with van der Waals surface area (Å²) in [5.74, 6) is 6.64. The van der Waals surface area contributed by atoms with Crippen molar-refractivity contribution in [3.63, 3.8) is 0 Å². The van der Waals surface area contributed by atoms with E-state index < -0.39 is 0 Å². The van der Waals surface area contributed by atoms with Crippen LogP contribution >= 0.6 is 0 Å². The predicted molar refractivity (Wildman–Crippen MR) is 62.1 cm³/mol. The highest BCUT2D eigenvalue weighted by Gasteiger charge is 2.22. The minimum atomic E-state index is 0.384. The standard InChI is InChI=1S/C10H17N5O/c1-2-8-7-16-6-5-15(8)9-3-4-12-10(13-9)14-11/h3-4,8H,2,5-7,11H2,1H3,(H,12,13,14). The van der Waals surface area contributed by atoms with Crippen LogP contribution < -0.4 is 16.2 Å². The second-order valence-electron chi connectivity index (χ2n) is 3.71. The molecule has 6 heteroatoms.